The van der Waals surface area contributed by atoms with Gasteiger partial charge in [-0.15, -0.1) is 0 Å². The second kappa shape index (κ2) is 16.6. The van der Waals surface area contributed by atoms with Gasteiger partial charge < -0.3 is 5.41 Å². The zero-order valence-electron chi connectivity index (χ0n) is 27.6. The molecule has 0 spiro atoms. The molecule has 1 aromatic rings. The second-order valence-corrected chi connectivity index (χ2v) is 14.6. The molecule has 0 amide bonds. The molecule has 0 aliphatic carbocycles. The summed E-state index contributed by atoms with van der Waals surface area (Å²) in [5, 5.41) is 8.35. The predicted molar refractivity (Wildman–Crippen MR) is 180 cm³/mol. The van der Waals surface area contributed by atoms with Crippen LogP contribution in [0.25, 0.3) is 5.57 Å². The van der Waals surface area contributed by atoms with Gasteiger partial charge in [-0.3, -0.25) is 4.90 Å². The van der Waals surface area contributed by atoms with Gasteiger partial charge in [-0.25, -0.2) is 8.42 Å². The Balaban J connectivity index is 2.39. The second-order valence-electron chi connectivity index (χ2n) is 12.4. The molecule has 1 aromatic carbocycles. The van der Waals surface area contributed by atoms with Gasteiger partial charge in [0.05, 0.1) is 11.5 Å². The fourth-order valence-electron chi connectivity index (χ4n) is 6.23. The van der Waals surface area contributed by atoms with Gasteiger partial charge in [0.2, 0.25) is 0 Å². The Kier molecular flexibility index (Phi) is 14.3. The van der Waals surface area contributed by atoms with Crippen molar-refractivity contribution in [2.75, 3.05) is 24.6 Å². The summed E-state index contributed by atoms with van der Waals surface area (Å²) in [5.41, 5.74) is 9.89. The van der Waals surface area contributed by atoms with Crippen molar-refractivity contribution >= 4 is 21.1 Å². The van der Waals surface area contributed by atoms with Crippen molar-refractivity contribution in [1.29, 1.82) is 5.41 Å². The van der Waals surface area contributed by atoms with Crippen LogP contribution in [0.4, 0.5) is 0 Å². The maximum Gasteiger partial charge on any atom is 0.151 e. The molecule has 5 heteroatoms. The maximum atomic E-state index is 12.5. The first kappa shape index (κ1) is 35.2. The van der Waals surface area contributed by atoms with Crippen LogP contribution in [0.1, 0.15) is 123 Å². The Labute approximate surface area is 252 Å². The smallest absolute Gasteiger partial charge is 0.151 e. The molecule has 1 saturated heterocycles. The summed E-state index contributed by atoms with van der Waals surface area (Å²) in [6.45, 7) is 21.4. The summed E-state index contributed by atoms with van der Waals surface area (Å²) in [5.74, 6) is 1.45. The minimum atomic E-state index is -2.99. The minimum absolute atomic E-state index is 0.0726. The molecule has 0 bridgehead atoms. The highest BCUT2D eigenvalue weighted by Gasteiger charge is 2.27. The first-order chi connectivity index (χ1) is 19.4. The zero-order valence-corrected chi connectivity index (χ0v) is 28.4. The number of likely N-dealkylation sites (tertiary alicyclic amines) is 1. The Morgan fingerprint density at radius 3 is 2.29 bits per heavy atom. The molecule has 1 atom stereocenters. The van der Waals surface area contributed by atoms with Crippen molar-refractivity contribution in [3.05, 3.63) is 63.8 Å². The Bertz CT molecular complexity index is 1210. The van der Waals surface area contributed by atoms with Gasteiger partial charge in [0.1, 0.15) is 0 Å². The van der Waals surface area contributed by atoms with Crippen LogP contribution in [0.15, 0.2) is 47.1 Å². The summed E-state index contributed by atoms with van der Waals surface area (Å²) in [6.07, 6.45) is 11.1. The molecule has 4 nitrogen and oxygen atoms in total. The highest BCUT2D eigenvalue weighted by molar-refractivity contribution is 7.91. The van der Waals surface area contributed by atoms with E-state index >= 15 is 0 Å². The lowest BCUT2D eigenvalue weighted by Gasteiger charge is -2.36. The van der Waals surface area contributed by atoms with E-state index in [-0.39, 0.29) is 11.8 Å². The maximum absolute atomic E-state index is 12.5. The van der Waals surface area contributed by atoms with Crippen molar-refractivity contribution < 1.29 is 8.42 Å². The average Bonchev–Trinajstić information content (AvgIpc) is 2.94. The van der Waals surface area contributed by atoms with E-state index in [1.807, 2.05) is 13.8 Å². The molecule has 1 aliphatic heterocycles. The Hall–Kier alpha value is -1.98. The molecule has 41 heavy (non-hydrogen) atoms. The van der Waals surface area contributed by atoms with Gasteiger partial charge in [0.15, 0.2) is 9.84 Å². The summed E-state index contributed by atoms with van der Waals surface area (Å²) < 4.78 is 25.1. The molecule has 1 heterocycles. The number of hydrogen-bond donors (Lipinski definition) is 1. The molecule has 0 aromatic heterocycles. The van der Waals surface area contributed by atoms with Crippen molar-refractivity contribution in [2.24, 2.45) is 5.92 Å². The molecule has 2 rings (SSSR count). The number of allylic oxidation sites excluding steroid dienone is 6. The molecule has 1 unspecified atom stereocenters. The molecule has 230 valence electrons. The Morgan fingerprint density at radius 1 is 1.10 bits per heavy atom. The van der Waals surface area contributed by atoms with Crippen LogP contribution < -0.4 is 0 Å². The van der Waals surface area contributed by atoms with Crippen LogP contribution in [0.2, 0.25) is 0 Å². The minimum Gasteiger partial charge on any atom is -0.305 e. The van der Waals surface area contributed by atoms with Crippen molar-refractivity contribution in [3.8, 4) is 0 Å². The van der Waals surface area contributed by atoms with E-state index in [2.05, 4.69) is 83.7 Å². The topological polar surface area (TPSA) is 61.2 Å². The van der Waals surface area contributed by atoms with Crippen LogP contribution in [-0.2, 0) is 9.84 Å². The fraction of sp³-hybridized carbons (Fsp3) is 0.639. The summed E-state index contributed by atoms with van der Waals surface area (Å²) >= 11 is 0. The quantitative estimate of drug-likeness (QED) is 0.166. The average molecular weight is 583 g/mol. The predicted octanol–water partition coefficient (Wildman–Crippen LogP) is 9.31. The Morgan fingerprint density at radius 2 is 1.76 bits per heavy atom. The normalized spacial score (nSPS) is 17.6. The highest BCUT2D eigenvalue weighted by Crippen LogP contribution is 2.38. The number of unbranched alkanes of at least 4 members (excludes halogenated alkanes) is 1. The van der Waals surface area contributed by atoms with E-state index in [9.17, 15) is 8.42 Å². The van der Waals surface area contributed by atoms with E-state index in [4.69, 9.17) is 5.41 Å². The third kappa shape index (κ3) is 10.1. The number of sulfone groups is 1. The number of nitrogens with one attached hydrogen (secondary N) is 1. The van der Waals surface area contributed by atoms with Gasteiger partial charge in [0, 0.05) is 11.8 Å². The van der Waals surface area contributed by atoms with Crippen LogP contribution in [0.3, 0.4) is 0 Å². The first-order valence-corrected chi connectivity index (χ1v) is 17.9. The van der Waals surface area contributed by atoms with E-state index in [0.29, 0.717) is 23.3 Å². The van der Waals surface area contributed by atoms with Crippen molar-refractivity contribution in [3.63, 3.8) is 0 Å². The largest absolute Gasteiger partial charge is 0.305 e. The lowest BCUT2D eigenvalue weighted by atomic mass is 9.80. The molecular weight excluding hydrogens is 524 g/mol. The summed E-state index contributed by atoms with van der Waals surface area (Å²) in [4.78, 5) is 2.38. The van der Waals surface area contributed by atoms with E-state index in [0.717, 1.165) is 63.6 Å². The first-order valence-electron chi connectivity index (χ1n) is 16.1. The van der Waals surface area contributed by atoms with Crippen LogP contribution in [0, 0.1) is 18.3 Å². The lowest BCUT2D eigenvalue weighted by Crippen LogP contribution is -2.43. The van der Waals surface area contributed by atoms with Crippen molar-refractivity contribution in [1.82, 2.24) is 4.90 Å². The van der Waals surface area contributed by atoms with E-state index in [1.54, 1.807) is 0 Å². The monoisotopic (exact) mass is 582 g/mol. The van der Waals surface area contributed by atoms with E-state index in [1.165, 1.54) is 33.4 Å². The van der Waals surface area contributed by atoms with Gasteiger partial charge >= 0.3 is 0 Å². The molecule has 0 saturated carbocycles. The van der Waals surface area contributed by atoms with Crippen LogP contribution >= 0.6 is 0 Å². The number of piperidine rings is 1. The van der Waals surface area contributed by atoms with Gasteiger partial charge in [0.25, 0.3) is 0 Å². The van der Waals surface area contributed by atoms with E-state index < -0.39 is 9.84 Å². The van der Waals surface area contributed by atoms with Crippen molar-refractivity contribution in [2.45, 2.75) is 119 Å². The van der Waals surface area contributed by atoms with Crippen LogP contribution in [0.5, 0.6) is 0 Å². The SMILES string of the molecule is C/C=C(\C=C(\C)C(=N)CC)C(/CCC)=C(/c1cc(C2CCN(C(C)CS(=O)(=O)CCCC)CC2)ccc1C)C(C)C. The van der Waals surface area contributed by atoms with Crippen LogP contribution in [-0.4, -0.2) is 49.7 Å². The third-order valence-corrected chi connectivity index (χ3v) is 10.6. The third-order valence-electron chi connectivity index (χ3n) is 8.74. The number of nitrogens with zero attached hydrogens (tertiary/aromatic N) is 1. The molecular formula is C36H58N2O2S. The van der Waals surface area contributed by atoms with Gasteiger partial charge in [-0.1, -0.05) is 77.8 Å². The lowest BCUT2D eigenvalue weighted by molar-refractivity contribution is 0.173. The number of rotatable bonds is 15. The van der Waals surface area contributed by atoms with Gasteiger partial charge in [-0.2, -0.15) is 0 Å². The highest BCUT2D eigenvalue weighted by atomic mass is 32.2. The fourth-order valence-corrected chi connectivity index (χ4v) is 8.07. The number of aryl methyl sites for hydroxylation is 1. The summed E-state index contributed by atoms with van der Waals surface area (Å²) in [7, 11) is -2.99. The zero-order chi connectivity index (χ0) is 30.7. The molecule has 1 aliphatic rings. The molecule has 1 N–H and O–H groups in total. The number of benzene rings is 1. The molecule has 1 fully saturated rings. The number of hydrogen-bond acceptors (Lipinski definition) is 4. The van der Waals surface area contributed by atoms with Gasteiger partial charge in [-0.05, 0) is 124 Å². The molecule has 0 radical (unpaired) electrons. The summed E-state index contributed by atoms with van der Waals surface area (Å²) in [6, 6.07) is 7.15. The standard InChI is InChI=1S/C36H58N2O2S/c1-10-14-22-41(39,40)25-29(9)38-20-18-31(19-21-38)32-17-16-27(7)34(24-32)36(26(5)6)33(15-11-2)30(12-3)23-28(8)35(37)13-4/h12,16-17,23-24,26,29,31,37H,10-11,13-15,18-22,25H2,1-9H3/b28-23-,30-12+,36-33+,37-35?.